The Morgan fingerprint density at radius 1 is 0.914 bits per heavy atom. The number of halogens is 1. The van der Waals surface area contributed by atoms with Gasteiger partial charge in [0.1, 0.15) is 5.75 Å². The number of thioether (sulfide) groups is 1. The van der Waals surface area contributed by atoms with E-state index in [0.29, 0.717) is 57.7 Å². The summed E-state index contributed by atoms with van der Waals surface area (Å²) in [6.07, 6.45) is 2.51. The zero-order chi connectivity index (χ0) is 24.6. The number of nitrogens with zero attached hydrogens (tertiary/aromatic N) is 1. The second kappa shape index (κ2) is 12.1. The van der Waals surface area contributed by atoms with Crippen LogP contribution in [0.5, 0.6) is 17.2 Å². The van der Waals surface area contributed by atoms with E-state index in [1.807, 2.05) is 79.7 Å². The van der Waals surface area contributed by atoms with Gasteiger partial charge < -0.3 is 14.2 Å². The van der Waals surface area contributed by atoms with Crippen molar-refractivity contribution in [2.45, 2.75) is 13.3 Å². The van der Waals surface area contributed by atoms with E-state index in [-0.39, 0.29) is 5.91 Å². The number of amides is 1. The molecule has 3 aromatic rings. The maximum absolute atomic E-state index is 13.0. The van der Waals surface area contributed by atoms with Crippen molar-refractivity contribution in [1.29, 1.82) is 0 Å². The third kappa shape index (κ3) is 6.36. The number of thiocarbonyl (C=S) groups is 1. The minimum atomic E-state index is -0.136. The van der Waals surface area contributed by atoms with Crippen LogP contribution in [0.4, 0.5) is 5.69 Å². The molecule has 35 heavy (non-hydrogen) atoms. The molecule has 0 bridgehead atoms. The molecule has 1 aliphatic rings. The minimum absolute atomic E-state index is 0.136. The zero-order valence-electron chi connectivity index (χ0n) is 19.1. The number of carbonyl (C=O) groups is 1. The van der Waals surface area contributed by atoms with Gasteiger partial charge in [0.25, 0.3) is 5.91 Å². The lowest BCUT2D eigenvalue weighted by molar-refractivity contribution is -0.113. The summed E-state index contributed by atoms with van der Waals surface area (Å²) >= 11 is 12.9. The average Bonchev–Trinajstić information content (AvgIpc) is 3.14. The van der Waals surface area contributed by atoms with Crippen LogP contribution in [-0.2, 0) is 4.79 Å². The predicted molar refractivity (Wildman–Crippen MR) is 147 cm³/mol. The van der Waals surface area contributed by atoms with Crippen molar-refractivity contribution in [3.8, 4) is 17.2 Å². The number of anilines is 1. The topological polar surface area (TPSA) is 48.0 Å². The summed E-state index contributed by atoms with van der Waals surface area (Å²) in [4.78, 5) is 15.1. The highest BCUT2D eigenvalue weighted by Crippen LogP contribution is 2.37. The number of rotatable bonds is 10. The van der Waals surface area contributed by atoms with Gasteiger partial charge in [-0.3, -0.25) is 9.69 Å². The van der Waals surface area contributed by atoms with E-state index >= 15 is 0 Å². The highest BCUT2D eigenvalue weighted by Gasteiger charge is 2.33. The number of hydrogen-bond donors (Lipinski definition) is 0. The van der Waals surface area contributed by atoms with Gasteiger partial charge in [0.2, 0.25) is 0 Å². The summed E-state index contributed by atoms with van der Waals surface area (Å²) in [5, 5.41) is 0.586. The first-order valence-electron chi connectivity index (χ1n) is 11.2. The summed E-state index contributed by atoms with van der Waals surface area (Å²) in [6.45, 7) is 3.35. The van der Waals surface area contributed by atoms with Gasteiger partial charge in [-0.25, -0.2) is 0 Å². The molecule has 1 saturated heterocycles. The molecule has 1 aliphatic heterocycles. The third-order valence-electron chi connectivity index (χ3n) is 5.01. The lowest BCUT2D eigenvalue weighted by Gasteiger charge is -2.14. The minimum Gasteiger partial charge on any atom is -0.492 e. The molecule has 8 heteroatoms. The van der Waals surface area contributed by atoms with Gasteiger partial charge >= 0.3 is 0 Å². The fraction of sp³-hybridized carbons (Fsp3) is 0.185. The second-order valence-electron chi connectivity index (χ2n) is 7.47. The smallest absolute Gasteiger partial charge is 0.270 e. The Bertz CT molecular complexity index is 1230. The summed E-state index contributed by atoms with van der Waals surface area (Å²) in [5.41, 5.74) is 1.59. The molecule has 0 atom stereocenters. The van der Waals surface area contributed by atoms with Crippen LogP contribution in [-0.4, -0.2) is 30.0 Å². The fourth-order valence-corrected chi connectivity index (χ4v) is 4.90. The fourth-order valence-electron chi connectivity index (χ4n) is 3.41. The van der Waals surface area contributed by atoms with Crippen LogP contribution >= 0.6 is 35.6 Å². The lowest BCUT2D eigenvalue weighted by Crippen LogP contribution is -2.27. The first-order valence-corrected chi connectivity index (χ1v) is 12.8. The van der Waals surface area contributed by atoms with Crippen molar-refractivity contribution in [3.05, 3.63) is 88.3 Å². The Balaban J connectivity index is 1.40. The molecule has 5 nitrogen and oxygen atoms in total. The molecule has 0 N–H and O–H groups in total. The normalized spacial score (nSPS) is 14.5. The summed E-state index contributed by atoms with van der Waals surface area (Å²) in [5.74, 6) is 1.78. The van der Waals surface area contributed by atoms with Gasteiger partial charge in [0, 0.05) is 6.42 Å². The number of carbonyl (C=O) groups excluding carboxylic acids is 1. The molecule has 180 valence electrons. The molecule has 1 fully saturated rings. The first kappa shape index (κ1) is 25.1. The molecule has 4 rings (SSSR count). The molecule has 3 aromatic carbocycles. The standard InChI is InChI=1S/C27H24ClNO4S2/c1-2-31-24-17-19(18-25-26(30)29(27(34)35-25)20-9-4-3-5-10-20)13-14-23(24)33-16-8-15-32-22-12-7-6-11-21(22)28/h3-7,9-14,17-18H,2,8,15-16H2,1H3/b25-18+. The second-order valence-corrected chi connectivity index (χ2v) is 9.56. The Morgan fingerprint density at radius 3 is 2.37 bits per heavy atom. The average molecular weight is 526 g/mol. The highest BCUT2D eigenvalue weighted by atomic mass is 35.5. The van der Waals surface area contributed by atoms with Crippen molar-refractivity contribution in [3.63, 3.8) is 0 Å². The summed E-state index contributed by atoms with van der Waals surface area (Å²) < 4.78 is 17.9. The number of para-hydroxylation sites is 2. The van der Waals surface area contributed by atoms with E-state index in [1.165, 1.54) is 11.8 Å². The van der Waals surface area contributed by atoms with Gasteiger partial charge in [0.05, 0.1) is 35.4 Å². The zero-order valence-corrected chi connectivity index (χ0v) is 21.5. The van der Waals surface area contributed by atoms with Gasteiger partial charge in [-0.1, -0.05) is 72.0 Å². The van der Waals surface area contributed by atoms with Crippen LogP contribution in [0.1, 0.15) is 18.9 Å². The van der Waals surface area contributed by atoms with Crippen molar-refractivity contribution < 1.29 is 19.0 Å². The van der Waals surface area contributed by atoms with E-state index in [4.69, 9.17) is 38.0 Å². The molecule has 0 spiro atoms. The van der Waals surface area contributed by atoms with Crippen molar-refractivity contribution in [2.24, 2.45) is 0 Å². The maximum Gasteiger partial charge on any atom is 0.270 e. The van der Waals surface area contributed by atoms with Crippen LogP contribution in [0, 0.1) is 0 Å². The molecule has 0 aromatic heterocycles. The third-order valence-corrected chi connectivity index (χ3v) is 6.63. The Labute approximate surface area is 219 Å². The van der Waals surface area contributed by atoms with Gasteiger partial charge in [-0.15, -0.1) is 0 Å². The number of hydrogen-bond acceptors (Lipinski definition) is 6. The van der Waals surface area contributed by atoms with Crippen LogP contribution in [0.25, 0.3) is 6.08 Å². The molecular weight excluding hydrogens is 502 g/mol. The molecule has 0 saturated carbocycles. The maximum atomic E-state index is 13.0. The Hall–Kier alpha value is -3.00. The lowest BCUT2D eigenvalue weighted by atomic mass is 10.1. The SMILES string of the molecule is CCOc1cc(/C=C2/SC(=S)N(c3ccccc3)C2=O)ccc1OCCCOc1ccccc1Cl. The molecule has 0 unspecified atom stereocenters. The van der Waals surface area contributed by atoms with Crippen LogP contribution < -0.4 is 19.1 Å². The van der Waals surface area contributed by atoms with Gasteiger partial charge in [0.15, 0.2) is 15.8 Å². The van der Waals surface area contributed by atoms with Crippen molar-refractivity contribution in [2.75, 3.05) is 24.7 Å². The van der Waals surface area contributed by atoms with Gasteiger partial charge in [-0.2, -0.15) is 0 Å². The predicted octanol–water partition coefficient (Wildman–Crippen LogP) is 6.99. The monoisotopic (exact) mass is 525 g/mol. The highest BCUT2D eigenvalue weighted by molar-refractivity contribution is 8.27. The molecule has 0 aliphatic carbocycles. The molecular formula is C27H24ClNO4S2. The van der Waals surface area contributed by atoms with E-state index in [2.05, 4.69) is 0 Å². The first-order chi connectivity index (χ1) is 17.1. The van der Waals surface area contributed by atoms with E-state index in [1.54, 1.807) is 11.0 Å². The van der Waals surface area contributed by atoms with E-state index in [0.717, 1.165) is 11.3 Å². The number of benzene rings is 3. The Morgan fingerprint density at radius 2 is 1.63 bits per heavy atom. The van der Waals surface area contributed by atoms with Crippen LogP contribution in [0.2, 0.25) is 5.02 Å². The van der Waals surface area contributed by atoms with E-state index in [9.17, 15) is 4.79 Å². The largest absolute Gasteiger partial charge is 0.492 e. The quantitative estimate of drug-likeness (QED) is 0.161. The molecule has 1 amide bonds. The van der Waals surface area contributed by atoms with Crippen molar-refractivity contribution >= 4 is 57.6 Å². The van der Waals surface area contributed by atoms with Crippen LogP contribution in [0.15, 0.2) is 77.7 Å². The van der Waals surface area contributed by atoms with E-state index < -0.39 is 0 Å². The molecule has 0 radical (unpaired) electrons. The summed E-state index contributed by atoms with van der Waals surface area (Å²) in [6, 6.07) is 22.4. The Kier molecular flexibility index (Phi) is 8.69. The summed E-state index contributed by atoms with van der Waals surface area (Å²) in [7, 11) is 0. The number of ether oxygens (including phenoxy) is 3. The molecule has 1 heterocycles. The van der Waals surface area contributed by atoms with Crippen molar-refractivity contribution in [1.82, 2.24) is 0 Å². The van der Waals surface area contributed by atoms with Crippen LogP contribution in [0.3, 0.4) is 0 Å². The van der Waals surface area contributed by atoms with Gasteiger partial charge in [-0.05, 0) is 55.0 Å².